The van der Waals surface area contributed by atoms with E-state index in [-0.39, 0.29) is 18.1 Å². The van der Waals surface area contributed by atoms with Crippen molar-refractivity contribution in [2.75, 3.05) is 0 Å². The summed E-state index contributed by atoms with van der Waals surface area (Å²) in [6.07, 6.45) is 2.28. The van der Waals surface area contributed by atoms with Crippen molar-refractivity contribution >= 4 is 12.0 Å². The van der Waals surface area contributed by atoms with Crippen molar-refractivity contribution < 1.29 is 19.4 Å². The Hall–Kier alpha value is -1.10. The van der Waals surface area contributed by atoms with E-state index in [0.717, 1.165) is 25.7 Å². The van der Waals surface area contributed by atoms with Gasteiger partial charge in [-0.2, -0.15) is 0 Å². The molecule has 1 N–H and O–H groups in total. The first kappa shape index (κ1) is 12.4. The third kappa shape index (κ3) is 2.16. The van der Waals surface area contributed by atoms with Crippen molar-refractivity contribution in [2.24, 2.45) is 5.92 Å². The quantitative estimate of drug-likeness (QED) is 0.791. The van der Waals surface area contributed by atoms with Crippen LogP contribution < -0.4 is 0 Å². The highest BCUT2D eigenvalue weighted by atomic mass is 16.6. The molecule has 0 aromatic carbocycles. The lowest BCUT2D eigenvalue weighted by Gasteiger charge is -2.28. The Labute approximate surface area is 101 Å². The number of hydrogen-bond acceptors (Lipinski definition) is 4. The first-order valence-electron chi connectivity index (χ1n) is 6.24. The summed E-state index contributed by atoms with van der Waals surface area (Å²) < 4.78 is 5.21. The van der Waals surface area contributed by atoms with Crippen LogP contribution in [0.2, 0.25) is 0 Å². The van der Waals surface area contributed by atoms with Crippen LogP contribution in [-0.4, -0.2) is 40.3 Å². The first-order chi connectivity index (χ1) is 8.02. The lowest BCUT2D eigenvalue weighted by Crippen LogP contribution is -2.46. The zero-order chi connectivity index (χ0) is 12.6. The minimum absolute atomic E-state index is 0.120. The first-order valence-corrected chi connectivity index (χ1v) is 6.24. The lowest BCUT2D eigenvalue weighted by atomic mass is 9.91. The summed E-state index contributed by atoms with van der Waals surface area (Å²) in [5.41, 5.74) is 0. The maximum atomic E-state index is 12.1. The summed E-state index contributed by atoms with van der Waals surface area (Å²) in [7, 11) is 0. The van der Waals surface area contributed by atoms with Crippen LogP contribution in [-0.2, 0) is 9.53 Å². The fourth-order valence-electron chi connectivity index (χ4n) is 2.51. The molecule has 96 valence electrons. The molecule has 5 heteroatoms. The Morgan fingerprint density at radius 3 is 2.71 bits per heavy atom. The van der Waals surface area contributed by atoms with E-state index >= 15 is 0 Å². The molecule has 1 saturated carbocycles. The second-order valence-corrected chi connectivity index (χ2v) is 5.01. The SMILES string of the molecule is C[C@H](C(=O)N1C(=O)O[C@@H]2CCCC[C@@H]21)[C@@H](C)O. The monoisotopic (exact) mass is 241 g/mol. The third-order valence-corrected chi connectivity index (χ3v) is 3.80. The van der Waals surface area contributed by atoms with E-state index in [0.29, 0.717) is 0 Å². The molecule has 17 heavy (non-hydrogen) atoms. The van der Waals surface area contributed by atoms with Gasteiger partial charge in [0.2, 0.25) is 5.91 Å². The summed E-state index contributed by atoms with van der Waals surface area (Å²) in [5, 5.41) is 9.43. The van der Waals surface area contributed by atoms with Crippen LogP contribution >= 0.6 is 0 Å². The Kier molecular flexibility index (Phi) is 3.38. The molecule has 1 aliphatic carbocycles. The molecule has 5 nitrogen and oxygen atoms in total. The van der Waals surface area contributed by atoms with Crippen molar-refractivity contribution in [3.05, 3.63) is 0 Å². The molecule has 0 spiro atoms. The standard InChI is InChI=1S/C12H19NO4/c1-7(8(2)14)11(15)13-9-5-3-4-6-10(9)17-12(13)16/h7-10,14H,3-6H2,1-2H3/t7-,8+,9-,10+/m0/s1. The second kappa shape index (κ2) is 4.64. The lowest BCUT2D eigenvalue weighted by molar-refractivity contribution is -0.136. The van der Waals surface area contributed by atoms with Crippen LogP contribution in [0.3, 0.4) is 0 Å². The molecule has 2 fully saturated rings. The molecule has 4 atom stereocenters. The van der Waals surface area contributed by atoms with Gasteiger partial charge in [0.25, 0.3) is 0 Å². The number of aliphatic hydroxyl groups is 1. The molecule has 1 heterocycles. The molecule has 0 aromatic heterocycles. The third-order valence-electron chi connectivity index (χ3n) is 3.80. The van der Waals surface area contributed by atoms with Gasteiger partial charge in [-0.05, 0) is 26.2 Å². The van der Waals surface area contributed by atoms with Gasteiger partial charge in [-0.15, -0.1) is 0 Å². The van der Waals surface area contributed by atoms with Gasteiger partial charge in [-0.3, -0.25) is 4.79 Å². The normalized spacial score (nSPS) is 31.7. The Balaban J connectivity index is 2.14. The zero-order valence-electron chi connectivity index (χ0n) is 10.3. The number of amides is 2. The number of aliphatic hydroxyl groups excluding tert-OH is 1. The topological polar surface area (TPSA) is 66.8 Å². The Bertz CT molecular complexity index is 328. The average molecular weight is 241 g/mol. The van der Waals surface area contributed by atoms with Gasteiger partial charge in [0.1, 0.15) is 6.10 Å². The van der Waals surface area contributed by atoms with Crippen LogP contribution in [0.4, 0.5) is 4.79 Å². The molecule has 1 aliphatic heterocycles. The van der Waals surface area contributed by atoms with Crippen molar-refractivity contribution in [2.45, 2.75) is 57.8 Å². The van der Waals surface area contributed by atoms with E-state index in [9.17, 15) is 14.7 Å². The molecular weight excluding hydrogens is 222 g/mol. The van der Waals surface area contributed by atoms with Crippen molar-refractivity contribution in [3.8, 4) is 0 Å². The van der Waals surface area contributed by atoms with Gasteiger partial charge in [-0.25, -0.2) is 9.69 Å². The van der Waals surface area contributed by atoms with Crippen LogP contribution in [0.15, 0.2) is 0 Å². The Morgan fingerprint density at radius 1 is 1.41 bits per heavy atom. The number of fused-ring (bicyclic) bond motifs is 1. The molecule has 0 aromatic rings. The summed E-state index contributed by atoms with van der Waals surface area (Å²) in [6.45, 7) is 3.19. The van der Waals surface area contributed by atoms with Crippen molar-refractivity contribution in [1.82, 2.24) is 4.90 Å². The molecule has 2 rings (SSSR count). The van der Waals surface area contributed by atoms with Gasteiger partial charge in [-0.1, -0.05) is 13.3 Å². The van der Waals surface area contributed by atoms with Gasteiger partial charge in [0.05, 0.1) is 18.1 Å². The van der Waals surface area contributed by atoms with E-state index < -0.39 is 18.1 Å². The highest BCUT2D eigenvalue weighted by molar-refractivity contribution is 5.95. The summed E-state index contributed by atoms with van der Waals surface area (Å²) in [6, 6.07) is -0.120. The number of nitrogens with zero attached hydrogens (tertiary/aromatic N) is 1. The van der Waals surface area contributed by atoms with Gasteiger partial charge in [0, 0.05) is 0 Å². The summed E-state index contributed by atoms with van der Waals surface area (Å²) in [4.78, 5) is 25.1. The largest absolute Gasteiger partial charge is 0.444 e. The maximum Gasteiger partial charge on any atom is 0.417 e. The molecule has 2 aliphatic rings. The maximum absolute atomic E-state index is 12.1. The predicted octanol–water partition coefficient (Wildman–Crippen LogP) is 1.29. The summed E-state index contributed by atoms with van der Waals surface area (Å²) >= 11 is 0. The molecule has 2 amide bonds. The van der Waals surface area contributed by atoms with Crippen LogP contribution in [0, 0.1) is 5.92 Å². The Morgan fingerprint density at radius 2 is 2.06 bits per heavy atom. The second-order valence-electron chi connectivity index (χ2n) is 5.01. The van der Waals surface area contributed by atoms with Crippen molar-refractivity contribution in [1.29, 1.82) is 0 Å². The molecular formula is C12H19NO4. The summed E-state index contributed by atoms with van der Waals surface area (Å²) in [5.74, 6) is -0.886. The average Bonchev–Trinajstić information content (AvgIpc) is 2.62. The molecule has 0 radical (unpaired) electrons. The minimum Gasteiger partial charge on any atom is -0.444 e. The number of hydrogen-bond donors (Lipinski definition) is 1. The van der Waals surface area contributed by atoms with Crippen LogP contribution in [0.5, 0.6) is 0 Å². The van der Waals surface area contributed by atoms with Crippen LogP contribution in [0.25, 0.3) is 0 Å². The molecule has 1 saturated heterocycles. The van der Waals surface area contributed by atoms with E-state index in [1.807, 2.05) is 0 Å². The van der Waals surface area contributed by atoms with Gasteiger partial charge < -0.3 is 9.84 Å². The zero-order valence-corrected chi connectivity index (χ0v) is 10.3. The number of rotatable bonds is 2. The van der Waals surface area contributed by atoms with E-state index in [1.54, 1.807) is 13.8 Å². The van der Waals surface area contributed by atoms with E-state index in [4.69, 9.17) is 4.74 Å². The number of ether oxygens (including phenoxy) is 1. The van der Waals surface area contributed by atoms with E-state index in [1.165, 1.54) is 4.90 Å². The fourth-order valence-corrected chi connectivity index (χ4v) is 2.51. The molecule has 0 unspecified atom stereocenters. The smallest absolute Gasteiger partial charge is 0.417 e. The highest BCUT2D eigenvalue weighted by Gasteiger charge is 2.47. The van der Waals surface area contributed by atoms with Gasteiger partial charge in [0.15, 0.2) is 0 Å². The number of carbonyl (C=O) groups excluding carboxylic acids is 2. The van der Waals surface area contributed by atoms with Gasteiger partial charge >= 0.3 is 6.09 Å². The minimum atomic E-state index is -0.752. The molecule has 0 bridgehead atoms. The highest BCUT2D eigenvalue weighted by Crippen LogP contribution is 2.32. The number of carbonyl (C=O) groups is 2. The van der Waals surface area contributed by atoms with Crippen molar-refractivity contribution in [3.63, 3.8) is 0 Å². The van der Waals surface area contributed by atoms with E-state index in [2.05, 4.69) is 0 Å². The number of imide groups is 1. The van der Waals surface area contributed by atoms with Crippen LogP contribution in [0.1, 0.15) is 39.5 Å². The fraction of sp³-hybridized carbons (Fsp3) is 0.833. The predicted molar refractivity (Wildman–Crippen MR) is 60.2 cm³/mol.